The van der Waals surface area contributed by atoms with Crippen LogP contribution in [-0.4, -0.2) is 40.5 Å². The van der Waals surface area contributed by atoms with Crippen molar-refractivity contribution in [2.24, 2.45) is 17.8 Å². The Balaban J connectivity index is 1.89. The summed E-state index contributed by atoms with van der Waals surface area (Å²) in [6.07, 6.45) is 6.93. The molecule has 2 heterocycles. The van der Waals surface area contributed by atoms with Gasteiger partial charge < -0.3 is 5.11 Å². The Bertz CT molecular complexity index is 458. The van der Waals surface area contributed by atoms with Gasteiger partial charge in [-0.25, -0.2) is 0 Å². The molecule has 0 unspecified atom stereocenters. The first-order chi connectivity index (χ1) is 9.11. The average Bonchev–Trinajstić information content (AvgIpc) is 2.34. The van der Waals surface area contributed by atoms with E-state index in [1.807, 2.05) is 0 Å². The summed E-state index contributed by atoms with van der Waals surface area (Å²) in [7, 11) is 0. The minimum Gasteiger partial charge on any atom is -0.388 e. The van der Waals surface area contributed by atoms with Crippen LogP contribution in [0.25, 0.3) is 0 Å². The van der Waals surface area contributed by atoms with E-state index in [-0.39, 0.29) is 17.6 Å². The van der Waals surface area contributed by atoms with Gasteiger partial charge in [0.05, 0.1) is 11.6 Å². The molecule has 3 fully saturated rings. The number of rotatable bonds is 0. The lowest BCUT2D eigenvalue weighted by atomic mass is 9.52. The van der Waals surface area contributed by atoms with E-state index in [0.29, 0.717) is 17.6 Å². The first-order valence-corrected chi connectivity index (χ1v) is 7.79. The van der Waals surface area contributed by atoms with Crippen molar-refractivity contribution in [3.63, 3.8) is 0 Å². The van der Waals surface area contributed by atoms with Crippen molar-refractivity contribution in [3.8, 4) is 0 Å². The number of aliphatic hydroxyl groups excluding tert-OH is 1. The number of Topliss-reactive ketones (excluding diaryl/α,β-unsaturated/α-hetero) is 1. The van der Waals surface area contributed by atoms with Crippen LogP contribution >= 0.6 is 0 Å². The highest BCUT2D eigenvalue weighted by Gasteiger charge is 2.60. The second kappa shape index (κ2) is 3.92. The van der Waals surface area contributed by atoms with Gasteiger partial charge in [-0.1, -0.05) is 13.0 Å². The van der Waals surface area contributed by atoms with Gasteiger partial charge in [0.25, 0.3) is 0 Å². The smallest absolute Gasteiger partial charge is 0.138 e. The number of carbonyl (C=O) groups is 1. The van der Waals surface area contributed by atoms with E-state index in [1.165, 1.54) is 5.57 Å². The van der Waals surface area contributed by atoms with Gasteiger partial charge in [0.15, 0.2) is 0 Å². The zero-order chi connectivity index (χ0) is 13.2. The van der Waals surface area contributed by atoms with Crippen LogP contribution in [0.2, 0.25) is 0 Å². The van der Waals surface area contributed by atoms with E-state index in [4.69, 9.17) is 0 Å². The van der Waals surface area contributed by atoms with E-state index in [9.17, 15) is 9.90 Å². The fourth-order valence-electron chi connectivity index (χ4n) is 5.52. The summed E-state index contributed by atoms with van der Waals surface area (Å²) < 4.78 is 0. The van der Waals surface area contributed by atoms with Crippen LogP contribution in [0, 0.1) is 17.8 Å². The molecule has 5 atom stereocenters. The van der Waals surface area contributed by atoms with Crippen LogP contribution in [-0.2, 0) is 4.79 Å². The van der Waals surface area contributed by atoms with Crippen molar-refractivity contribution in [2.45, 2.75) is 50.7 Å². The topological polar surface area (TPSA) is 40.5 Å². The fourth-order valence-corrected chi connectivity index (χ4v) is 5.52. The fraction of sp³-hybridized carbons (Fsp3) is 0.812. The number of piperidine rings is 1. The van der Waals surface area contributed by atoms with Crippen molar-refractivity contribution < 1.29 is 9.90 Å². The minimum atomic E-state index is -0.328. The Morgan fingerprint density at radius 3 is 3.16 bits per heavy atom. The van der Waals surface area contributed by atoms with E-state index in [0.717, 1.165) is 45.2 Å². The molecule has 0 amide bonds. The van der Waals surface area contributed by atoms with Crippen molar-refractivity contribution in [2.75, 3.05) is 13.1 Å². The van der Waals surface area contributed by atoms with Gasteiger partial charge >= 0.3 is 0 Å². The molecule has 4 aliphatic rings. The van der Waals surface area contributed by atoms with Gasteiger partial charge in [-0.3, -0.25) is 9.69 Å². The molecule has 2 bridgehead atoms. The molecule has 0 aromatic carbocycles. The number of ketones is 1. The highest BCUT2D eigenvalue weighted by Crippen LogP contribution is 2.57. The first kappa shape index (κ1) is 12.1. The van der Waals surface area contributed by atoms with E-state index in [1.54, 1.807) is 0 Å². The molecule has 0 aromatic heterocycles. The zero-order valence-electron chi connectivity index (χ0n) is 11.6. The summed E-state index contributed by atoms with van der Waals surface area (Å²) in [5, 5.41) is 10.1. The van der Waals surface area contributed by atoms with Gasteiger partial charge in [-0.05, 0) is 49.6 Å². The third-order valence-electron chi connectivity index (χ3n) is 5.96. The third kappa shape index (κ3) is 1.49. The lowest BCUT2D eigenvalue weighted by molar-refractivity contribution is -0.141. The summed E-state index contributed by atoms with van der Waals surface area (Å²) in [5.74, 6) is 1.81. The second-order valence-electron chi connectivity index (χ2n) is 7.17. The molecule has 2 saturated carbocycles. The van der Waals surface area contributed by atoms with Gasteiger partial charge in [-0.2, -0.15) is 0 Å². The molecule has 1 spiro atoms. The van der Waals surface area contributed by atoms with Crippen LogP contribution in [0.3, 0.4) is 0 Å². The summed E-state index contributed by atoms with van der Waals surface area (Å²) in [6, 6.07) is 0. The second-order valence-corrected chi connectivity index (χ2v) is 7.17. The van der Waals surface area contributed by atoms with Crippen LogP contribution in [0.15, 0.2) is 11.6 Å². The lowest BCUT2D eigenvalue weighted by Crippen LogP contribution is -2.68. The standard InChI is InChI=1S/C16H23NO2/c1-10-5-11-6-15(19)13-3-2-4-17-9-12(18)7-14(11)16(13,17)8-10/h7,10-13,18H,2-6,8-9H2,1H3/t10-,11-,12+,13-,16+/m1/s1. The number of nitrogens with zero attached hydrogens (tertiary/aromatic N) is 1. The molecule has 1 N–H and O–H groups in total. The molecule has 0 radical (unpaired) electrons. The maximum absolute atomic E-state index is 12.5. The predicted molar refractivity (Wildman–Crippen MR) is 72.6 cm³/mol. The Morgan fingerprint density at radius 2 is 2.32 bits per heavy atom. The molecular weight excluding hydrogens is 238 g/mol. The zero-order valence-corrected chi connectivity index (χ0v) is 11.6. The van der Waals surface area contributed by atoms with Crippen LogP contribution in [0.4, 0.5) is 0 Å². The van der Waals surface area contributed by atoms with Crippen molar-refractivity contribution in [1.82, 2.24) is 4.90 Å². The van der Waals surface area contributed by atoms with Crippen molar-refractivity contribution >= 4 is 5.78 Å². The number of hydrogen-bond acceptors (Lipinski definition) is 3. The minimum absolute atomic E-state index is 0.00481. The molecule has 2 aliphatic heterocycles. The van der Waals surface area contributed by atoms with Crippen LogP contribution in [0.1, 0.15) is 39.0 Å². The molecule has 0 aromatic rings. The van der Waals surface area contributed by atoms with Crippen molar-refractivity contribution in [3.05, 3.63) is 11.6 Å². The molecule has 2 aliphatic carbocycles. The van der Waals surface area contributed by atoms with Gasteiger partial charge in [0, 0.05) is 18.9 Å². The van der Waals surface area contributed by atoms with Crippen LogP contribution in [0.5, 0.6) is 0 Å². The maximum Gasteiger partial charge on any atom is 0.138 e. The monoisotopic (exact) mass is 261 g/mol. The predicted octanol–water partition coefficient (Wildman–Crippen LogP) is 1.76. The van der Waals surface area contributed by atoms with Crippen LogP contribution < -0.4 is 0 Å². The molecule has 104 valence electrons. The first-order valence-electron chi connectivity index (χ1n) is 7.79. The molecule has 3 heteroatoms. The molecule has 19 heavy (non-hydrogen) atoms. The molecule has 3 nitrogen and oxygen atoms in total. The Hall–Kier alpha value is -0.670. The number of β-amino-alcohol motifs (C(OH)–C–C–N with tert-alkyl or cyclic N) is 1. The Morgan fingerprint density at radius 1 is 1.47 bits per heavy atom. The lowest BCUT2D eigenvalue weighted by Gasteiger charge is -2.62. The molecule has 4 rings (SSSR count). The SMILES string of the molecule is C[C@@H]1C[C@@H]2CC(=O)[C@H]3CCCN4C[C@@H](O)C=C2[C@]34C1. The Kier molecular flexibility index (Phi) is 2.50. The summed E-state index contributed by atoms with van der Waals surface area (Å²) in [4.78, 5) is 15.0. The Labute approximate surface area is 114 Å². The van der Waals surface area contributed by atoms with Gasteiger partial charge in [0.1, 0.15) is 5.78 Å². The van der Waals surface area contributed by atoms with Gasteiger partial charge in [-0.15, -0.1) is 0 Å². The largest absolute Gasteiger partial charge is 0.388 e. The maximum atomic E-state index is 12.5. The molecular formula is C16H23NO2. The summed E-state index contributed by atoms with van der Waals surface area (Å²) >= 11 is 0. The molecule has 1 saturated heterocycles. The number of aliphatic hydroxyl groups is 1. The van der Waals surface area contributed by atoms with E-state index in [2.05, 4.69) is 17.9 Å². The normalized spacial score (nSPS) is 49.6. The number of carbonyl (C=O) groups excluding carboxylic acids is 1. The quantitative estimate of drug-likeness (QED) is 0.675. The average molecular weight is 261 g/mol. The highest BCUT2D eigenvalue weighted by molar-refractivity contribution is 5.86. The highest BCUT2D eigenvalue weighted by atomic mass is 16.3. The van der Waals surface area contributed by atoms with Crippen molar-refractivity contribution in [1.29, 1.82) is 0 Å². The summed E-state index contributed by atoms with van der Waals surface area (Å²) in [5.41, 5.74) is 1.42. The van der Waals surface area contributed by atoms with E-state index >= 15 is 0 Å². The number of hydrogen-bond donors (Lipinski definition) is 1. The summed E-state index contributed by atoms with van der Waals surface area (Å²) in [6.45, 7) is 4.12. The third-order valence-corrected chi connectivity index (χ3v) is 5.96. The van der Waals surface area contributed by atoms with E-state index < -0.39 is 0 Å². The van der Waals surface area contributed by atoms with Gasteiger partial charge in [0.2, 0.25) is 0 Å².